The molecule has 0 atom stereocenters. The van der Waals surface area contributed by atoms with Crippen LogP contribution in [0.15, 0.2) is 0 Å². The molecule has 0 bridgehead atoms. The lowest BCUT2D eigenvalue weighted by Gasteiger charge is -2.06. The number of aliphatic hydroxyl groups is 1. The first-order valence-electron chi connectivity index (χ1n) is 7.22. The molecule has 0 heterocycles. The Morgan fingerprint density at radius 1 is 0.875 bits per heavy atom. The van der Waals surface area contributed by atoms with Gasteiger partial charge in [0.05, 0.1) is 59.5 Å². The molecular weight excluding hydrogens is 339 g/mol. The monoisotopic (exact) mass is 365 g/mol. The first-order valence-corrected chi connectivity index (χ1v) is 7.22. The number of aliphatic hydroxyl groups excluding tert-OH is 1. The summed E-state index contributed by atoms with van der Waals surface area (Å²) in [7, 11) is 1.89. The van der Waals surface area contributed by atoms with Crippen molar-refractivity contribution in [1.82, 2.24) is 5.32 Å². The number of nitrogens with one attached hydrogen (secondary N) is 1. The van der Waals surface area contributed by atoms with Crippen molar-refractivity contribution in [1.29, 1.82) is 0 Å². The van der Waals surface area contributed by atoms with Gasteiger partial charge in [-0.3, -0.25) is 0 Å². The number of ether oxygens (including phenoxy) is 4. The van der Waals surface area contributed by atoms with Gasteiger partial charge < -0.3 is 34.5 Å². The first-order chi connectivity index (χ1) is 11.4. The van der Waals surface area contributed by atoms with Crippen LogP contribution in [0.4, 0.5) is 13.2 Å². The maximum atomic E-state index is 10.6. The molecule has 0 unspecified atom stereocenters. The molecule has 0 saturated heterocycles. The van der Waals surface area contributed by atoms with Crippen molar-refractivity contribution in [2.75, 3.05) is 73.1 Å². The van der Waals surface area contributed by atoms with Gasteiger partial charge in [0.2, 0.25) is 0 Å². The molecular formula is C13H26F3NO7. The Bertz CT molecular complexity index is 267. The van der Waals surface area contributed by atoms with Crippen LogP contribution in [-0.4, -0.2) is 95.4 Å². The Morgan fingerprint density at radius 2 is 1.21 bits per heavy atom. The zero-order chi connectivity index (χ0) is 18.7. The van der Waals surface area contributed by atoms with E-state index in [4.69, 9.17) is 34.0 Å². The molecule has 8 nitrogen and oxygen atoms in total. The molecule has 0 aliphatic rings. The summed E-state index contributed by atoms with van der Waals surface area (Å²) in [6, 6.07) is 0. The first kappa shape index (κ1) is 25.3. The summed E-state index contributed by atoms with van der Waals surface area (Å²) in [5.41, 5.74) is 0. The second-order valence-electron chi connectivity index (χ2n) is 4.08. The highest BCUT2D eigenvalue weighted by Crippen LogP contribution is 2.13. The highest BCUT2D eigenvalue weighted by molar-refractivity contribution is 5.73. The van der Waals surface area contributed by atoms with Gasteiger partial charge in [0.25, 0.3) is 0 Å². The van der Waals surface area contributed by atoms with E-state index in [1.165, 1.54) is 0 Å². The van der Waals surface area contributed by atoms with Crippen molar-refractivity contribution in [2.24, 2.45) is 0 Å². The van der Waals surface area contributed by atoms with Crippen molar-refractivity contribution >= 4 is 5.97 Å². The third-order valence-corrected chi connectivity index (χ3v) is 2.09. The summed E-state index contributed by atoms with van der Waals surface area (Å²) >= 11 is 0. The molecule has 0 radical (unpaired) electrons. The van der Waals surface area contributed by atoms with Crippen molar-refractivity contribution in [3.8, 4) is 0 Å². The molecule has 0 rings (SSSR count). The summed E-state index contributed by atoms with van der Waals surface area (Å²) in [5, 5.41) is 18.6. The number of likely N-dealkylation sites (N-methyl/N-ethyl adjacent to an activating group) is 1. The minimum Gasteiger partial charge on any atom is -0.475 e. The zero-order valence-corrected chi connectivity index (χ0v) is 13.6. The normalized spacial score (nSPS) is 11.0. The SMILES string of the molecule is CNCCOCCOCCOCCOCCO.O=C(O)C(F)(F)F. The van der Waals surface area contributed by atoms with Crippen molar-refractivity contribution < 1.29 is 47.1 Å². The van der Waals surface area contributed by atoms with Crippen molar-refractivity contribution in [2.45, 2.75) is 6.18 Å². The number of carboxylic acids is 1. The van der Waals surface area contributed by atoms with Crippen LogP contribution >= 0.6 is 0 Å². The quantitative estimate of drug-likeness (QED) is 0.367. The van der Waals surface area contributed by atoms with Gasteiger partial charge in [-0.2, -0.15) is 13.2 Å². The third kappa shape index (κ3) is 23.3. The number of halogens is 3. The molecule has 11 heteroatoms. The number of carbonyl (C=O) groups is 1. The van der Waals surface area contributed by atoms with E-state index in [0.717, 1.165) is 6.54 Å². The van der Waals surface area contributed by atoms with Gasteiger partial charge >= 0.3 is 12.1 Å². The molecule has 3 N–H and O–H groups in total. The van der Waals surface area contributed by atoms with Crippen LogP contribution in [0.5, 0.6) is 0 Å². The summed E-state index contributed by atoms with van der Waals surface area (Å²) < 4.78 is 52.6. The van der Waals surface area contributed by atoms with Gasteiger partial charge in [0.15, 0.2) is 0 Å². The van der Waals surface area contributed by atoms with Crippen molar-refractivity contribution in [3.05, 3.63) is 0 Å². The lowest BCUT2D eigenvalue weighted by Crippen LogP contribution is -2.21. The van der Waals surface area contributed by atoms with E-state index in [0.29, 0.717) is 52.9 Å². The fourth-order valence-electron chi connectivity index (χ4n) is 1.00. The Labute approximate surface area is 138 Å². The maximum Gasteiger partial charge on any atom is 0.490 e. The molecule has 0 aromatic carbocycles. The van der Waals surface area contributed by atoms with Gasteiger partial charge in [0, 0.05) is 6.54 Å². The van der Waals surface area contributed by atoms with E-state index < -0.39 is 12.1 Å². The van der Waals surface area contributed by atoms with Crippen LogP contribution in [0.2, 0.25) is 0 Å². The average molecular weight is 365 g/mol. The van der Waals surface area contributed by atoms with Crippen LogP contribution in [-0.2, 0) is 23.7 Å². The topological polar surface area (TPSA) is 106 Å². The highest BCUT2D eigenvalue weighted by atomic mass is 19.4. The summed E-state index contributed by atoms with van der Waals surface area (Å²) in [6.07, 6.45) is -5.08. The molecule has 0 aliphatic carbocycles. The van der Waals surface area contributed by atoms with Gasteiger partial charge in [-0.1, -0.05) is 0 Å². The molecule has 0 aromatic rings. The number of rotatable bonds is 14. The fourth-order valence-corrected chi connectivity index (χ4v) is 1.00. The minimum absolute atomic E-state index is 0.0522. The van der Waals surface area contributed by atoms with E-state index >= 15 is 0 Å². The predicted octanol–water partition coefficient (Wildman–Crippen LogP) is -0.102. The van der Waals surface area contributed by atoms with E-state index in [-0.39, 0.29) is 6.61 Å². The summed E-state index contributed by atoms with van der Waals surface area (Å²) in [5.74, 6) is -2.76. The van der Waals surface area contributed by atoms with Crippen LogP contribution in [0.1, 0.15) is 0 Å². The Kier molecular flexibility index (Phi) is 19.3. The summed E-state index contributed by atoms with van der Waals surface area (Å²) in [4.78, 5) is 8.90. The molecule has 24 heavy (non-hydrogen) atoms. The maximum absolute atomic E-state index is 10.6. The van der Waals surface area contributed by atoms with Crippen LogP contribution < -0.4 is 5.32 Å². The second-order valence-corrected chi connectivity index (χ2v) is 4.08. The average Bonchev–Trinajstić information content (AvgIpc) is 2.51. The lowest BCUT2D eigenvalue weighted by molar-refractivity contribution is -0.192. The molecule has 146 valence electrons. The third-order valence-electron chi connectivity index (χ3n) is 2.09. The Morgan fingerprint density at radius 3 is 1.50 bits per heavy atom. The highest BCUT2D eigenvalue weighted by Gasteiger charge is 2.38. The number of alkyl halides is 3. The van der Waals surface area contributed by atoms with Gasteiger partial charge in [-0.15, -0.1) is 0 Å². The molecule has 0 spiro atoms. The van der Waals surface area contributed by atoms with E-state index in [1.807, 2.05) is 7.05 Å². The Hall–Kier alpha value is -0.980. The molecule has 0 saturated carbocycles. The van der Waals surface area contributed by atoms with E-state index in [2.05, 4.69) is 5.32 Å². The van der Waals surface area contributed by atoms with Crippen LogP contribution in [0.25, 0.3) is 0 Å². The molecule has 0 fully saturated rings. The van der Waals surface area contributed by atoms with Crippen molar-refractivity contribution in [3.63, 3.8) is 0 Å². The number of hydrogen-bond donors (Lipinski definition) is 3. The van der Waals surface area contributed by atoms with Crippen LogP contribution in [0, 0.1) is 0 Å². The number of carboxylic acid groups (broad SMARTS) is 1. The standard InChI is InChI=1S/C11H25NO5.C2HF3O2/c1-12-2-4-14-6-8-16-10-11-17-9-7-15-5-3-13;3-2(4,5)1(6)7/h12-13H,2-11H2,1H3;(H,6,7). The second kappa shape index (κ2) is 18.4. The number of hydrogen-bond acceptors (Lipinski definition) is 7. The Balaban J connectivity index is 0. The van der Waals surface area contributed by atoms with E-state index in [9.17, 15) is 13.2 Å². The van der Waals surface area contributed by atoms with E-state index in [1.54, 1.807) is 0 Å². The van der Waals surface area contributed by atoms with Gasteiger partial charge in [-0.05, 0) is 7.05 Å². The largest absolute Gasteiger partial charge is 0.490 e. The summed E-state index contributed by atoms with van der Waals surface area (Å²) in [6.45, 7) is 5.34. The molecule has 0 amide bonds. The lowest BCUT2D eigenvalue weighted by atomic mass is 10.6. The fraction of sp³-hybridized carbons (Fsp3) is 0.923. The number of aliphatic carboxylic acids is 1. The molecule has 0 aromatic heterocycles. The zero-order valence-electron chi connectivity index (χ0n) is 13.6. The van der Waals surface area contributed by atoms with Gasteiger partial charge in [-0.25, -0.2) is 4.79 Å². The van der Waals surface area contributed by atoms with Crippen LogP contribution in [0.3, 0.4) is 0 Å². The minimum atomic E-state index is -5.08. The van der Waals surface area contributed by atoms with Gasteiger partial charge in [0.1, 0.15) is 0 Å². The smallest absolute Gasteiger partial charge is 0.475 e. The molecule has 0 aliphatic heterocycles. The predicted molar refractivity (Wildman–Crippen MR) is 78.0 cm³/mol.